The van der Waals surface area contributed by atoms with Crippen LogP contribution in [-0.4, -0.2) is 24.9 Å². The molecule has 0 atom stereocenters. The maximum Gasteiger partial charge on any atom is 0.337 e. The van der Waals surface area contributed by atoms with Crippen LogP contribution in [0.5, 0.6) is 0 Å². The summed E-state index contributed by atoms with van der Waals surface area (Å²) in [6.07, 6.45) is 5.29. The third kappa shape index (κ3) is 2.27. The first-order valence-electron chi connectivity index (χ1n) is 6.74. The molecule has 3 rings (SSSR count). The number of terminal acetylenes is 1. The number of fused-ring (bicyclic) bond motifs is 1. The Morgan fingerprint density at radius 1 is 1.04 bits per heavy atom. The molecule has 2 amide bonds. The monoisotopic (exact) mass is 305 g/mol. The molecule has 0 N–H and O–H groups in total. The molecule has 2 aromatic carbocycles. The van der Waals surface area contributed by atoms with Crippen LogP contribution in [0.4, 0.5) is 5.69 Å². The summed E-state index contributed by atoms with van der Waals surface area (Å²) in [4.78, 5) is 37.6. The largest absolute Gasteiger partial charge is 0.465 e. The van der Waals surface area contributed by atoms with E-state index in [2.05, 4.69) is 10.7 Å². The summed E-state index contributed by atoms with van der Waals surface area (Å²) < 4.78 is 4.63. The van der Waals surface area contributed by atoms with Crippen LogP contribution in [-0.2, 0) is 4.74 Å². The lowest BCUT2D eigenvalue weighted by Gasteiger charge is -2.13. The Hall–Kier alpha value is -3.39. The summed E-state index contributed by atoms with van der Waals surface area (Å²) in [7, 11) is 1.25. The van der Waals surface area contributed by atoms with Crippen LogP contribution in [0.1, 0.15) is 36.6 Å². The highest BCUT2D eigenvalue weighted by Crippen LogP contribution is 2.29. The lowest BCUT2D eigenvalue weighted by molar-refractivity contribution is 0.0600. The van der Waals surface area contributed by atoms with Gasteiger partial charge in [-0.25, -0.2) is 9.69 Å². The van der Waals surface area contributed by atoms with E-state index >= 15 is 0 Å². The van der Waals surface area contributed by atoms with Crippen molar-refractivity contribution in [1.82, 2.24) is 0 Å². The molecule has 1 heterocycles. The van der Waals surface area contributed by atoms with Gasteiger partial charge in [0, 0.05) is 5.56 Å². The third-order valence-electron chi connectivity index (χ3n) is 3.60. The number of hydrogen-bond donors (Lipinski definition) is 0. The van der Waals surface area contributed by atoms with Gasteiger partial charge in [-0.05, 0) is 42.5 Å². The molecular weight excluding hydrogens is 294 g/mol. The number of methoxy groups -OCH3 is 1. The second kappa shape index (κ2) is 5.43. The Labute approximate surface area is 132 Å². The molecule has 0 fully saturated rings. The normalized spacial score (nSPS) is 12.8. The summed E-state index contributed by atoms with van der Waals surface area (Å²) in [6, 6.07) is 10.8. The molecule has 0 radical (unpaired) electrons. The van der Waals surface area contributed by atoms with Crippen molar-refractivity contribution in [1.29, 1.82) is 0 Å². The minimum atomic E-state index is -0.565. The van der Waals surface area contributed by atoms with Crippen molar-refractivity contribution >= 4 is 23.5 Å². The Balaban J connectivity index is 2.03. The molecule has 0 unspecified atom stereocenters. The first-order chi connectivity index (χ1) is 11.1. The van der Waals surface area contributed by atoms with Crippen molar-refractivity contribution in [3.8, 4) is 12.3 Å². The Kier molecular flexibility index (Phi) is 3.43. The lowest BCUT2D eigenvalue weighted by Crippen LogP contribution is -2.29. The summed E-state index contributed by atoms with van der Waals surface area (Å²) in [5, 5.41) is 0. The van der Waals surface area contributed by atoms with Gasteiger partial charge in [0.2, 0.25) is 0 Å². The highest BCUT2D eigenvalue weighted by atomic mass is 16.5. The molecule has 0 spiro atoms. The van der Waals surface area contributed by atoms with Gasteiger partial charge in [0.05, 0.1) is 29.5 Å². The summed E-state index contributed by atoms with van der Waals surface area (Å²) in [5.41, 5.74) is 1.73. The van der Waals surface area contributed by atoms with Gasteiger partial charge in [0.1, 0.15) is 0 Å². The van der Waals surface area contributed by atoms with E-state index in [9.17, 15) is 14.4 Å². The fourth-order valence-corrected chi connectivity index (χ4v) is 2.43. The molecule has 0 bridgehead atoms. The number of carbonyl (C=O) groups excluding carboxylic acids is 3. The number of benzene rings is 2. The molecule has 0 saturated heterocycles. The van der Waals surface area contributed by atoms with Gasteiger partial charge in [-0.1, -0.05) is 5.92 Å². The Bertz CT molecular complexity index is 875. The SMILES string of the molecule is C#Cc1ccc(N2C(=O)c3ccc(C(=O)OC)cc3C2=O)cc1. The number of nitrogens with zero attached hydrogens (tertiary/aromatic N) is 1. The maximum absolute atomic E-state index is 12.5. The van der Waals surface area contributed by atoms with Gasteiger partial charge in [0.25, 0.3) is 11.8 Å². The highest BCUT2D eigenvalue weighted by molar-refractivity contribution is 6.34. The number of carbonyl (C=O) groups is 3. The minimum Gasteiger partial charge on any atom is -0.465 e. The van der Waals surface area contributed by atoms with E-state index in [0.29, 0.717) is 11.3 Å². The van der Waals surface area contributed by atoms with Crippen LogP contribution in [0.3, 0.4) is 0 Å². The maximum atomic E-state index is 12.5. The van der Waals surface area contributed by atoms with Crippen molar-refractivity contribution < 1.29 is 19.1 Å². The number of ether oxygens (including phenoxy) is 1. The van der Waals surface area contributed by atoms with Gasteiger partial charge >= 0.3 is 5.97 Å². The zero-order chi connectivity index (χ0) is 16.6. The zero-order valence-corrected chi connectivity index (χ0v) is 12.2. The average Bonchev–Trinajstić information content (AvgIpc) is 2.85. The first-order valence-corrected chi connectivity index (χ1v) is 6.74. The standard InChI is InChI=1S/C18H11NO4/c1-3-11-4-7-13(8-5-11)19-16(20)14-9-6-12(18(22)23-2)10-15(14)17(19)21/h1,4-10H,2H3. The first kappa shape index (κ1) is 14.5. The lowest BCUT2D eigenvalue weighted by atomic mass is 10.1. The average molecular weight is 305 g/mol. The smallest absolute Gasteiger partial charge is 0.337 e. The van der Waals surface area contributed by atoms with Crippen LogP contribution in [0.2, 0.25) is 0 Å². The van der Waals surface area contributed by atoms with E-state index in [-0.39, 0.29) is 16.7 Å². The van der Waals surface area contributed by atoms with E-state index in [1.165, 1.54) is 25.3 Å². The van der Waals surface area contributed by atoms with Crippen LogP contribution in [0, 0.1) is 12.3 Å². The Morgan fingerprint density at radius 2 is 1.70 bits per heavy atom. The van der Waals surface area contributed by atoms with Gasteiger partial charge in [-0.15, -0.1) is 6.42 Å². The molecule has 23 heavy (non-hydrogen) atoms. The minimum absolute atomic E-state index is 0.180. The molecule has 2 aromatic rings. The number of esters is 1. The second-order valence-corrected chi connectivity index (χ2v) is 4.89. The second-order valence-electron chi connectivity index (χ2n) is 4.89. The number of hydrogen-bond acceptors (Lipinski definition) is 4. The van der Waals surface area contributed by atoms with E-state index in [1.807, 2.05) is 0 Å². The summed E-state index contributed by atoms with van der Waals surface area (Å²) >= 11 is 0. The zero-order valence-electron chi connectivity index (χ0n) is 12.2. The van der Waals surface area contributed by atoms with Crippen molar-refractivity contribution in [2.75, 3.05) is 12.0 Å². The molecule has 5 nitrogen and oxygen atoms in total. The van der Waals surface area contributed by atoms with Gasteiger partial charge in [0.15, 0.2) is 0 Å². The third-order valence-corrected chi connectivity index (χ3v) is 3.60. The number of amides is 2. The van der Waals surface area contributed by atoms with Crippen molar-refractivity contribution in [2.45, 2.75) is 0 Å². The van der Waals surface area contributed by atoms with E-state index in [0.717, 1.165) is 4.90 Å². The molecule has 112 valence electrons. The van der Waals surface area contributed by atoms with Crippen LogP contribution in [0.15, 0.2) is 42.5 Å². The van der Waals surface area contributed by atoms with Crippen molar-refractivity contribution in [2.24, 2.45) is 0 Å². The molecule has 0 saturated carbocycles. The number of rotatable bonds is 2. The molecule has 1 aliphatic rings. The predicted octanol–water partition coefficient (Wildman–Crippen LogP) is 2.26. The van der Waals surface area contributed by atoms with E-state index in [1.54, 1.807) is 24.3 Å². The molecule has 0 aromatic heterocycles. The van der Waals surface area contributed by atoms with Gasteiger partial charge in [-0.2, -0.15) is 0 Å². The number of anilines is 1. The van der Waals surface area contributed by atoms with Crippen LogP contribution in [0.25, 0.3) is 0 Å². The molecule has 1 aliphatic heterocycles. The summed E-state index contributed by atoms with van der Waals surface area (Å²) in [6.45, 7) is 0. The Morgan fingerprint density at radius 3 is 2.30 bits per heavy atom. The van der Waals surface area contributed by atoms with Crippen molar-refractivity contribution in [3.05, 3.63) is 64.7 Å². The molecule has 0 aliphatic carbocycles. The predicted molar refractivity (Wildman–Crippen MR) is 83.3 cm³/mol. The van der Waals surface area contributed by atoms with Gasteiger partial charge < -0.3 is 4.74 Å². The molecular formula is C18H11NO4. The fourth-order valence-electron chi connectivity index (χ4n) is 2.43. The van der Waals surface area contributed by atoms with Gasteiger partial charge in [-0.3, -0.25) is 9.59 Å². The van der Waals surface area contributed by atoms with E-state index < -0.39 is 17.8 Å². The molecule has 5 heteroatoms. The topological polar surface area (TPSA) is 63.7 Å². The fraction of sp³-hybridized carbons (Fsp3) is 0.0556. The quantitative estimate of drug-likeness (QED) is 0.485. The van der Waals surface area contributed by atoms with Crippen LogP contribution < -0.4 is 4.90 Å². The van der Waals surface area contributed by atoms with E-state index in [4.69, 9.17) is 6.42 Å². The highest BCUT2D eigenvalue weighted by Gasteiger charge is 2.37. The summed E-state index contributed by atoms with van der Waals surface area (Å²) in [5.74, 6) is 0.988. The van der Waals surface area contributed by atoms with Crippen LogP contribution >= 0.6 is 0 Å². The van der Waals surface area contributed by atoms with Crippen molar-refractivity contribution in [3.63, 3.8) is 0 Å². The number of imide groups is 1.